The van der Waals surface area contributed by atoms with Gasteiger partial charge in [-0.25, -0.2) is 4.39 Å². The number of hydrogen-bond donors (Lipinski definition) is 1. The van der Waals surface area contributed by atoms with E-state index in [0.29, 0.717) is 5.75 Å². The van der Waals surface area contributed by atoms with Crippen LogP contribution in [0.3, 0.4) is 0 Å². The van der Waals surface area contributed by atoms with Crippen molar-refractivity contribution in [1.82, 2.24) is 5.32 Å². The summed E-state index contributed by atoms with van der Waals surface area (Å²) in [5, 5.41) is 3.00. The van der Waals surface area contributed by atoms with Gasteiger partial charge in [-0.05, 0) is 41.0 Å². The molecule has 0 aromatic heterocycles. The minimum atomic E-state index is -2.89. The molecule has 156 valence electrons. The lowest BCUT2D eigenvalue weighted by atomic mass is 9.98. The van der Waals surface area contributed by atoms with Crippen LogP contribution in [0.25, 0.3) is 0 Å². The predicted octanol–water partition coefficient (Wildman–Crippen LogP) is 5.57. The van der Waals surface area contributed by atoms with Crippen LogP contribution in [0.1, 0.15) is 22.7 Å². The van der Waals surface area contributed by atoms with Crippen molar-refractivity contribution in [2.75, 3.05) is 5.75 Å². The average molecular weight is 431 g/mol. The monoisotopic (exact) mass is 431 g/mol. The first-order chi connectivity index (χ1) is 14.5. The van der Waals surface area contributed by atoms with Crippen molar-refractivity contribution in [3.05, 3.63) is 101 Å². The van der Waals surface area contributed by atoms with Gasteiger partial charge in [-0.15, -0.1) is 11.8 Å². The molecule has 1 atom stereocenters. The van der Waals surface area contributed by atoms with E-state index in [1.807, 2.05) is 30.3 Å². The number of alkyl halides is 2. The highest BCUT2D eigenvalue weighted by Gasteiger charge is 2.17. The molecular weight excluding hydrogens is 411 g/mol. The molecule has 3 nitrogen and oxygen atoms in total. The van der Waals surface area contributed by atoms with E-state index in [0.717, 1.165) is 16.7 Å². The average Bonchev–Trinajstić information content (AvgIpc) is 2.74. The van der Waals surface area contributed by atoms with Gasteiger partial charge in [0.05, 0.1) is 11.8 Å². The number of benzene rings is 3. The first-order valence-corrected chi connectivity index (χ1v) is 10.4. The Balaban J connectivity index is 1.65. The van der Waals surface area contributed by atoms with Gasteiger partial charge in [-0.1, -0.05) is 54.6 Å². The molecule has 0 spiro atoms. The normalized spacial score (nSPS) is 11.9. The van der Waals surface area contributed by atoms with Crippen LogP contribution in [0.15, 0.2) is 78.9 Å². The largest absolute Gasteiger partial charge is 0.435 e. The summed E-state index contributed by atoms with van der Waals surface area (Å²) in [6, 6.07) is 21.3. The number of thioether (sulfide) groups is 1. The number of halogens is 3. The lowest BCUT2D eigenvalue weighted by Gasteiger charge is -2.20. The number of carbonyl (C=O) groups excluding carboxylic acids is 1. The summed E-state index contributed by atoms with van der Waals surface area (Å²) >= 11 is 1.42. The molecule has 7 heteroatoms. The maximum Gasteiger partial charge on any atom is 0.387 e. The van der Waals surface area contributed by atoms with Crippen LogP contribution in [0.2, 0.25) is 0 Å². The molecule has 0 radical (unpaired) electrons. The summed E-state index contributed by atoms with van der Waals surface area (Å²) < 4.78 is 42.1. The van der Waals surface area contributed by atoms with Crippen LogP contribution in [0.4, 0.5) is 13.2 Å². The van der Waals surface area contributed by atoms with Gasteiger partial charge < -0.3 is 10.1 Å². The maximum absolute atomic E-state index is 13.0. The molecule has 0 saturated heterocycles. The first kappa shape index (κ1) is 21.8. The highest BCUT2D eigenvalue weighted by Crippen LogP contribution is 2.25. The zero-order valence-corrected chi connectivity index (χ0v) is 16.7. The van der Waals surface area contributed by atoms with Crippen LogP contribution in [-0.4, -0.2) is 18.3 Å². The van der Waals surface area contributed by atoms with Gasteiger partial charge >= 0.3 is 6.61 Å². The molecule has 0 heterocycles. The Morgan fingerprint density at radius 3 is 2.17 bits per heavy atom. The third-order valence-corrected chi connectivity index (χ3v) is 5.30. The minimum Gasteiger partial charge on any atom is -0.435 e. The fourth-order valence-corrected chi connectivity index (χ4v) is 3.69. The van der Waals surface area contributed by atoms with E-state index in [9.17, 15) is 18.0 Å². The van der Waals surface area contributed by atoms with Crippen molar-refractivity contribution >= 4 is 17.7 Å². The van der Waals surface area contributed by atoms with E-state index in [1.54, 1.807) is 24.3 Å². The van der Waals surface area contributed by atoms with Crippen LogP contribution in [0.5, 0.6) is 5.75 Å². The molecule has 0 fully saturated rings. The molecule has 0 aliphatic rings. The number of ether oxygens (including phenoxy) is 1. The minimum absolute atomic E-state index is 0.0572. The predicted molar refractivity (Wildman–Crippen MR) is 112 cm³/mol. The zero-order chi connectivity index (χ0) is 21.3. The van der Waals surface area contributed by atoms with E-state index in [4.69, 9.17) is 0 Å². The molecular formula is C23H20F3NO2S. The van der Waals surface area contributed by atoms with Gasteiger partial charge in [0, 0.05) is 5.75 Å². The van der Waals surface area contributed by atoms with E-state index in [1.165, 1.54) is 36.0 Å². The molecule has 0 bridgehead atoms. The second-order valence-corrected chi connectivity index (χ2v) is 7.46. The van der Waals surface area contributed by atoms with E-state index < -0.39 is 12.7 Å². The van der Waals surface area contributed by atoms with Crippen molar-refractivity contribution < 1.29 is 22.7 Å². The summed E-state index contributed by atoms with van der Waals surface area (Å²) in [4.78, 5) is 12.5. The molecule has 0 saturated carbocycles. The van der Waals surface area contributed by atoms with Crippen LogP contribution < -0.4 is 10.1 Å². The number of hydrogen-bond acceptors (Lipinski definition) is 3. The number of nitrogens with one attached hydrogen (secondary N) is 1. The highest BCUT2D eigenvalue weighted by atomic mass is 32.2. The number of carbonyl (C=O) groups is 1. The van der Waals surface area contributed by atoms with Crippen LogP contribution in [-0.2, 0) is 10.5 Å². The Bertz CT molecular complexity index is 935. The summed E-state index contributed by atoms with van der Waals surface area (Å²) in [5.74, 6) is 0.416. The Hall–Kier alpha value is -2.93. The molecule has 1 amide bonds. The molecule has 30 heavy (non-hydrogen) atoms. The third kappa shape index (κ3) is 6.56. The number of amides is 1. The molecule has 1 N–H and O–H groups in total. The third-order valence-electron chi connectivity index (χ3n) is 4.29. The van der Waals surface area contributed by atoms with Gasteiger partial charge in [-0.2, -0.15) is 8.78 Å². The lowest BCUT2D eigenvalue weighted by molar-refractivity contribution is -0.119. The lowest BCUT2D eigenvalue weighted by Crippen LogP contribution is -2.30. The van der Waals surface area contributed by atoms with Crippen molar-refractivity contribution in [3.8, 4) is 5.75 Å². The number of rotatable bonds is 9. The molecule has 1 unspecified atom stereocenters. The Labute approximate surface area is 177 Å². The zero-order valence-electron chi connectivity index (χ0n) is 15.9. The Morgan fingerprint density at radius 1 is 0.900 bits per heavy atom. The van der Waals surface area contributed by atoms with Crippen molar-refractivity contribution in [2.45, 2.75) is 18.4 Å². The molecule has 0 aliphatic heterocycles. The smallest absolute Gasteiger partial charge is 0.387 e. The second kappa shape index (κ2) is 10.7. The summed E-state index contributed by atoms with van der Waals surface area (Å²) in [5.41, 5.74) is 2.56. The Morgan fingerprint density at radius 2 is 1.53 bits per heavy atom. The van der Waals surface area contributed by atoms with Gasteiger partial charge in [0.2, 0.25) is 5.91 Å². The van der Waals surface area contributed by atoms with E-state index in [2.05, 4.69) is 10.1 Å². The van der Waals surface area contributed by atoms with Gasteiger partial charge in [0.1, 0.15) is 11.6 Å². The van der Waals surface area contributed by atoms with E-state index >= 15 is 0 Å². The Kier molecular flexibility index (Phi) is 7.79. The fraction of sp³-hybridized carbons (Fsp3) is 0.174. The van der Waals surface area contributed by atoms with Gasteiger partial charge in [0.15, 0.2) is 0 Å². The molecule has 0 aliphatic carbocycles. The van der Waals surface area contributed by atoms with E-state index in [-0.39, 0.29) is 23.2 Å². The standard InChI is InChI=1S/C23H20F3NO2S/c24-19-10-6-16(7-11-19)14-30-15-21(28)27-22(17-4-2-1-3-5-17)18-8-12-20(13-9-18)29-23(25)26/h1-13,22-23H,14-15H2,(H,27,28). The topological polar surface area (TPSA) is 38.3 Å². The van der Waals surface area contributed by atoms with Crippen molar-refractivity contribution in [2.24, 2.45) is 0 Å². The first-order valence-electron chi connectivity index (χ1n) is 9.22. The van der Waals surface area contributed by atoms with Gasteiger partial charge in [0.25, 0.3) is 0 Å². The van der Waals surface area contributed by atoms with Crippen LogP contribution in [0, 0.1) is 5.82 Å². The summed E-state index contributed by atoms with van der Waals surface area (Å²) in [6.45, 7) is -2.89. The summed E-state index contributed by atoms with van der Waals surface area (Å²) in [7, 11) is 0. The highest BCUT2D eigenvalue weighted by molar-refractivity contribution is 7.99. The van der Waals surface area contributed by atoms with Gasteiger partial charge in [-0.3, -0.25) is 4.79 Å². The maximum atomic E-state index is 13.0. The van der Waals surface area contributed by atoms with Crippen molar-refractivity contribution in [3.63, 3.8) is 0 Å². The molecule has 3 aromatic carbocycles. The molecule has 3 rings (SSSR count). The summed E-state index contributed by atoms with van der Waals surface area (Å²) in [6.07, 6.45) is 0. The fourth-order valence-electron chi connectivity index (χ4n) is 2.89. The SMILES string of the molecule is O=C(CSCc1ccc(F)cc1)NC(c1ccccc1)c1ccc(OC(F)F)cc1. The van der Waals surface area contributed by atoms with Crippen molar-refractivity contribution in [1.29, 1.82) is 0 Å². The molecule has 3 aromatic rings. The quantitative estimate of drug-likeness (QED) is 0.482. The van der Waals surface area contributed by atoms with Crippen LogP contribution >= 0.6 is 11.8 Å². The second-order valence-electron chi connectivity index (χ2n) is 6.48.